The molecule has 5 heteroatoms. The van der Waals surface area contributed by atoms with Crippen LogP contribution in [0.25, 0.3) is 11.1 Å². The number of amides is 2. The van der Waals surface area contributed by atoms with Crippen LogP contribution in [0.3, 0.4) is 0 Å². The van der Waals surface area contributed by atoms with Crippen molar-refractivity contribution in [1.82, 2.24) is 15.6 Å². The van der Waals surface area contributed by atoms with Gasteiger partial charge in [-0.05, 0) is 41.8 Å². The summed E-state index contributed by atoms with van der Waals surface area (Å²) in [6.07, 6.45) is 3.37. The fraction of sp³-hybridized carbons (Fsp3) is 0.136. The van der Waals surface area contributed by atoms with E-state index in [1.54, 1.807) is 31.5 Å². The number of hydrogen-bond donors (Lipinski definition) is 2. The van der Waals surface area contributed by atoms with Crippen molar-refractivity contribution in [2.75, 3.05) is 0 Å². The SMILES string of the molecule is C[C@H](NC(=O)c1ccc(-c2ccccc2)cc1)C(=O)NCc1cccnc1. The van der Waals surface area contributed by atoms with Crippen molar-refractivity contribution in [2.45, 2.75) is 19.5 Å². The molecule has 3 aromatic rings. The van der Waals surface area contributed by atoms with E-state index in [2.05, 4.69) is 15.6 Å². The first kappa shape index (κ1) is 18.3. The average Bonchev–Trinajstić information content (AvgIpc) is 2.73. The van der Waals surface area contributed by atoms with Gasteiger partial charge in [0.15, 0.2) is 0 Å². The lowest BCUT2D eigenvalue weighted by Crippen LogP contribution is -2.44. The van der Waals surface area contributed by atoms with E-state index < -0.39 is 6.04 Å². The van der Waals surface area contributed by atoms with Crippen molar-refractivity contribution in [3.63, 3.8) is 0 Å². The molecule has 3 rings (SSSR count). The Morgan fingerprint density at radius 1 is 0.926 bits per heavy atom. The van der Waals surface area contributed by atoms with Crippen molar-refractivity contribution in [3.05, 3.63) is 90.3 Å². The number of rotatable bonds is 6. The second-order valence-electron chi connectivity index (χ2n) is 6.22. The van der Waals surface area contributed by atoms with Crippen LogP contribution in [0.1, 0.15) is 22.8 Å². The predicted octanol–water partition coefficient (Wildman–Crippen LogP) is 3.18. The van der Waals surface area contributed by atoms with Crippen LogP contribution in [-0.2, 0) is 11.3 Å². The Labute approximate surface area is 158 Å². The first-order chi connectivity index (χ1) is 13.1. The maximum atomic E-state index is 12.4. The first-order valence-electron chi connectivity index (χ1n) is 8.76. The number of benzene rings is 2. The third kappa shape index (κ3) is 5.01. The Bertz CT molecular complexity index is 894. The highest BCUT2D eigenvalue weighted by atomic mass is 16.2. The number of nitrogens with zero attached hydrogens (tertiary/aromatic N) is 1. The lowest BCUT2D eigenvalue weighted by Gasteiger charge is -2.14. The second kappa shape index (κ2) is 8.76. The van der Waals surface area contributed by atoms with Gasteiger partial charge >= 0.3 is 0 Å². The van der Waals surface area contributed by atoms with Gasteiger partial charge in [-0.25, -0.2) is 0 Å². The molecular weight excluding hydrogens is 338 g/mol. The van der Waals surface area contributed by atoms with Crippen LogP contribution in [0.5, 0.6) is 0 Å². The van der Waals surface area contributed by atoms with Crippen molar-refractivity contribution in [1.29, 1.82) is 0 Å². The summed E-state index contributed by atoms with van der Waals surface area (Å²) in [6.45, 7) is 2.04. The second-order valence-corrected chi connectivity index (χ2v) is 6.22. The number of nitrogens with one attached hydrogen (secondary N) is 2. The molecule has 2 aromatic carbocycles. The van der Waals surface area contributed by atoms with E-state index in [0.717, 1.165) is 16.7 Å². The highest BCUT2D eigenvalue weighted by Gasteiger charge is 2.16. The molecule has 1 heterocycles. The van der Waals surface area contributed by atoms with Crippen molar-refractivity contribution in [2.24, 2.45) is 0 Å². The molecule has 0 radical (unpaired) electrons. The van der Waals surface area contributed by atoms with Gasteiger partial charge in [-0.15, -0.1) is 0 Å². The Kier molecular flexibility index (Phi) is 5.94. The van der Waals surface area contributed by atoms with Gasteiger partial charge < -0.3 is 10.6 Å². The molecule has 0 fully saturated rings. The molecule has 0 unspecified atom stereocenters. The maximum absolute atomic E-state index is 12.4. The van der Waals surface area contributed by atoms with Gasteiger partial charge in [-0.3, -0.25) is 14.6 Å². The van der Waals surface area contributed by atoms with Crippen molar-refractivity contribution >= 4 is 11.8 Å². The number of hydrogen-bond acceptors (Lipinski definition) is 3. The number of pyridine rings is 1. The molecule has 2 amide bonds. The summed E-state index contributed by atoms with van der Waals surface area (Å²) in [7, 11) is 0. The molecular formula is C22H21N3O2. The van der Waals surface area contributed by atoms with Crippen LogP contribution in [-0.4, -0.2) is 22.8 Å². The van der Waals surface area contributed by atoms with Gasteiger partial charge in [0.1, 0.15) is 6.04 Å². The fourth-order valence-electron chi connectivity index (χ4n) is 2.64. The number of aromatic nitrogens is 1. The third-order valence-electron chi connectivity index (χ3n) is 4.18. The molecule has 0 spiro atoms. The number of carbonyl (C=O) groups excluding carboxylic acids is 2. The van der Waals surface area contributed by atoms with Gasteiger partial charge in [0.25, 0.3) is 5.91 Å². The molecule has 0 aliphatic rings. The van der Waals surface area contributed by atoms with Gasteiger partial charge in [0.2, 0.25) is 5.91 Å². The van der Waals surface area contributed by atoms with Crippen molar-refractivity contribution < 1.29 is 9.59 Å². The number of carbonyl (C=O) groups is 2. The summed E-state index contributed by atoms with van der Waals surface area (Å²) in [6, 6.07) is 20.3. The van der Waals surface area contributed by atoms with Gasteiger partial charge in [0.05, 0.1) is 0 Å². The van der Waals surface area contributed by atoms with E-state index in [9.17, 15) is 9.59 Å². The molecule has 2 N–H and O–H groups in total. The normalized spacial score (nSPS) is 11.4. The standard InChI is InChI=1S/C22H21N3O2/c1-16(21(26)24-15-17-6-5-13-23-14-17)25-22(27)20-11-9-19(10-12-20)18-7-3-2-4-8-18/h2-14,16H,15H2,1H3,(H,24,26)(H,25,27)/t16-/m0/s1. The summed E-state index contributed by atoms with van der Waals surface area (Å²) in [5.74, 6) is -0.522. The largest absolute Gasteiger partial charge is 0.350 e. The van der Waals surface area contributed by atoms with E-state index in [0.29, 0.717) is 12.1 Å². The maximum Gasteiger partial charge on any atom is 0.251 e. The third-order valence-corrected chi connectivity index (χ3v) is 4.18. The summed E-state index contributed by atoms with van der Waals surface area (Å²) in [5.41, 5.74) is 3.55. The van der Waals surface area contributed by atoms with Gasteiger partial charge in [-0.2, -0.15) is 0 Å². The Hall–Kier alpha value is -3.47. The van der Waals surface area contributed by atoms with Crippen LogP contribution in [0.4, 0.5) is 0 Å². The Balaban J connectivity index is 1.55. The zero-order chi connectivity index (χ0) is 19.1. The molecule has 5 nitrogen and oxygen atoms in total. The van der Waals surface area contributed by atoms with E-state index in [1.807, 2.05) is 54.6 Å². The molecule has 136 valence electrons. The molecule has 0 aliphatic heterocycles. The zero-order valence-corrected chi connectivity index (χ0v) is 15.1. The molecule has 0 aliphatic carbocycles. The van der Waals surface area contributed by atoms with E-state index in [-0.39, 0.29) is 11.8 Å². The average molecular weight is 359 g/mol. The quantitative estimate of drug-likeness (QED) is 0.710. The summed E-state index contributed by atoms with van der Waals surface area (Å²) >= 11 is 0. The predicted molar refractivity (Wildman–Crippen MR) is 105 cm³/mol. The smallest absolute Gasteiger partial charge is 0.251 e. The zero-order valence-electron chi connectivity index (χ0n) is 15.1. The molecule has 0 saturated heterocycles. The van der Waals surface area contributed by atoms with Crippen LogP contribution in [0, 0.1) is 0 Å². The Morgan fingerprint density at radius 3 is 2.30 bits per heavy atom. The molecule has 27 heavy (non-hydrogen) atoms. The van der Waals surface area contributed by atoms with Crippen LogP contribution < -0.4 is 10.6 Å². The topological polar surface area (TPSA) is 71.1 Å². The molecule has 1 aromatic heterocycles. The minimum atomic E-state index is -0.636. The fourth-order valence-corrected chi connectivity index (χ4v) is 2.64. The van der Waals surface area contributed by atoms with E-state index >= 15 is 0 Å². The van der Waals surface area contributed by atoms with Gasteiger partial charge in [-0.1, -0.05) is 48.5 Å². The summed E-state index contributed by atoms with van der Waals surface area (Å²) < 4.78 is 0. The molecule has 0 saturated carbocycles. The van der Waals surface area contributed by atoms with E-state index in [1.165, 1.54) is 0 Å². The first-order valence-corrected chi connectivity index (χ1v) is 8.76. The van der Waals surface area contributed by atoms with Crippen LogP contribution >= 0.6 is 0 Å². The summed E-state index contributed by atoms with van der Waals surface area (Å²) in [5, 5.41) is 5.52. The lowest BCUT2D eigenvalue weighted by molar-refractivity contribution is -0.122. The minimum absolute atomic E-state index is 0.242. The highest BCUT2D eigenvalue weighted by Crippen LogP contribution is 2.19. The van der Waals surface area contributed by atoms with Crippen molar-refractivity contribution in [3.8, 4) is 11.1 Å². The van der Waals surface area contributed by atoms with Crippen LogP contribution in [0.15, 0.2) is 79.1 Å². The van der Waals surface area contributed by atoms with Gasteiger partial charge in [0, 0.05) is 24.5 Å². The minimum Gasteiger partial charge on any atom is -0.350 e. The highest BCUT2D eigenvalue weighted by molar-refractivity contribution is 5.97. The summed E-state index contributed by atoms with van der Waals surface area (Å²) in [4.78, 5) is 28.6. The molecule has 1 atom stereocenters. The lowest BCUT2D eigenvalue weighted by atomic mass is 10.0. The van der Waals surface area contributed by atoms with Crippen LogP contribution in [0.2, 0.25) is 0 Å². The monoisotopic (exact) mass is 359 g/mol. The Morgan fingerprint density at radius 2 is 1.63 bits per heavy atom. The molecule has 0 bridgehead atoms. The van der Waals surface area contributed by atoms with E-state index in [4.69, 9.17) is 0 Å².